The van der Waals surface area contributed by atoms with Crippen LogP contribution >= 0.6 is 0 Å². The van der Waals surface area contributed by atoms with Crippen LogP contribution in [0.1, 0.15) is 38.3 Å². The monoisotopic (exact) mass is 352 g/mol. The molecule has 2 aromatic rings. The molecule has 1 atom stereocenters. The summed E-state index contributed by atoms with van der Waals surface area (Å²) in [5.74, 6) is -0.129. The summed E-state index contributed by atoms with van der Waals surface area (Å²) in [6, 6.07) is 19.1. The lowest BCUT2D eigenvalue weighted by atomic mass is 10.0. The van der Waals surface area contributed by atoms with Gasteiger partial charge in [0.25, 0.3) is 0 Å². The summed E-state index contributed by atoms with van der Waals surface area (Å²) in [7, 11) is 0. The van der Waals surface area contributed by atoms with Crippen LogP contribution in [-0.4, -0.2) is 28.8 Å². The minimum Gasteiger partial charge on any atom is -0.352 e. The highest BCUT2D eigenvalue weighted by molar-refractivity contribution is 5.88. The largest absolute Gasteiger partial charge is 0.352 e. The molecule has 4 nitrogen and oxygen atoms in total. The fourth-order valence-electron chi connectivity index (χ4n) is 2.92. The number of nitrogens with one attached hydrogen (secondary N) is 1. The van der Waals surface area contributed by atoms with Gasteiger partial charge in [-0.05, 0) is 25.0 Å². The first-order valence-corrected chi connectivity index (χ1v) is 9.19. The highest BCUT2D eigenvalue weighted by Gasteiger charge is 2.29. The van der Waals surface area contributed by atoms with Crippen LogP contribution in [0.5, 0.6) is 0 Å². The van der Waals surface area contributed by atoms with Crippen molar-refractivity contribution in [2.75, 3.05) is 0 Å². The van der Waals surface area contributed by atoms with Gasteiger partial charge in [-0.2, -0.15) is 0 Å². The first-order chi connectivity index (χ1) is 12.5. The highest BCUT2D eigenvalue weighted by atomic mass is 16.2. The Morgan fingerprint density at radius 3 is 1.96 bits per heavy atom. The fourth-order valence-corrected chi connectivity index (χ4v) is 2.92. The summed E-state index contributed by atoms with van der Waals surface area (Å²) in [5.41, 5.74) is 2.06. The van der Waals surface area contributed by atoms with Crippen LogP contribution in [-0.2, 0) is 22.6 Å². The normalized spacial score (nSPS) is 11.8. The lowest BCUT2D eigenvalue weighted by molar-refractivity contribution is -0.141. The molecular formula is C22H28N2O2. The molecule has 0 fully saturated rings. The molecule has 0 saturated heterocycles. The molecule has 1 unspecified atom stereocenters. The predicted octanol–water partition coefficient (Wildman–Crippen LogP) is 3.56. The lowest BCUT2D eigenvalue weighted by Crippen LogP contribution is -2.51. The molecule has 0 bridgehead atoms. The van der Waals surface area contributed by atoms with Gasteiger partial charge in [-0.3, -0.25) is 9.59 Å². The number of hydrogen-bond acceptors (Lipinski definition) is 2. The summed E-state index contributed by atoms with van der Waals surface area (Å²) >= 11 is 0. The first-order valence-electron chi connectivity index (χ1n) is 9.19. The van der Waals surface area contributed by atoms with E-state index < -0.39 is 6.04 Å². The molecule has 0 aliphatic carbocycles. The Bertz CT molecular complexity index is 699. The van der Waals surface area contributed by atoms with E-state index in [0.29, 0.717) is 19.4 Å². The number of carbonyl (C=O) groups excluding carboxylic acids is 2. The number of benzene rings is 2. The molecule has 26 heavy (non-hydrogen) atoms. The Balaban J connectivity index is 2.32. The van der Waals surface area contributed by atoms with Crippen molar-refractivity contribution in [2.45, 2.75) is 52.2 Å². The summed E-state index contributed by atoms with van der Waals surface area (Å²) in [4.78, 5) is 27.3. The Kier molecular flexibility index (Phi) is 7.39. The van der Waals surface area contributed by atoms with E-state index in [1.807, 2.05) is 81.4 Å². The Morgan fingerprint density at radius 2 is 1.46 bits per heavy atom. The van der Waals surface area contributed by atoms with Gasteiger partial charge in [0.05, 0.1) is 0 Å². The van der Waals surface area contributed by atoms with Gasteiger partial charge in [0.1, 0.15) is 6.04 Å². The van der Waals surface area contributed by atoms with Gasteiger partial charge in [0, 0.05) is 25.4 Å². The quantitative estimate of drug-likeness (QED) is 0.790. The minimum absolute atomic E-state index is 0.0197. The summed E-state index contributed by atoms with van der Waals surface area (Å²) in [6.45, 7) is 6.12. The van der Waals surface area contributed by atoms with Crippen LogP contribution in [0, 0.1) is 0 Å². The second-order valence-corrected chi connectivity index (χ2v) is 6.73. The molecule has 138 valence electrons. The third-order valence-corrected chi connectivity index (χ3v) is 4.20. The second-order valence-electron chi connectivity index (χ2n) is 6.73. The van der Waals surface area contributed by atoms with E-state index in [-0.39, 0.29) is 17.9 Å². The standard InChI is InChI=1S/C22H28N2O2/c1-4-21(25)24(16-19-13-9-6-10-14-19)20(22(26)23-17(2)3)15-18-11-7-5-8-12-18/h5-14,17,20H,4,15-16H2,1-3H3,(H,23,26). The van der Waals surface area contributed by atoms with E-state index in [0.717, 1.165) is 11.1 Å². The zero-order chi connectivity index (χ0) is 18.9. The summed E-state index contributed by atoms with van der Waals surface area (Å²) < 4.78 is 0. The van der Waals surface area contributed by atoms with E-state index in [4.69, 9.17) is 0 Å². The van der Waals surface area contributed by atoms with Crippen molar-refractivity contribution in [1.29, 1.82) is 0 Å². The maximum atomic E-state index is 12.9. The van der Waals surface area contributed by atoms with Crippen molar-refractivity contribution >= 4 is 11.8 Å². The molecule has 0 aliphatic rings. The Morgan fingerprint density at radius 1 is 0.923 bits per heavy atom. The van der Waals surface area contributed by atoms with Gasteiger partial charge in [-0.1, -0.05) is 67.6 Å². The smallest absolute Gasteiger partial charge is 0.243 e. The Hall–Kier alpha value is -2.62. The van der Waals surface area contributed by atoms with Gasteiger partial charge < -0.3 is 10.2 Å². The minimum atomic E-state index is -0.535. The average Bonchev–Trinajstić information content (AvgIpc) is 2.65. The molecule has 0 aromatic heterocycles. The van der Waals surface area contributed by atoms with Crippen molar-refractivity contribution in [3.8, 4) is 0 Å². The molecule has 2 aromatic carbocycles. The van der Waals surface area contributed by atoms with E-state index in [9.17, 15) is 9.59 Å². The molecule has 4 heteroatoms. The lowest BCUT2D eigenvalue weighted by Gasteiger charge is -2.32. The Labute approximate surface area is 156 Å². The third-order valence-electron chi connectivity index (χ3n) is 4.20. The molecule has 0 saturated carbocycles. The van der Waals surface area contributed by atoms with E-state index >= 15 is 0 Å². The van der Waals surface area contributed by atoms with Gasteiger partial charge >= 0.3 is 0 Å². The highest BCUT2D eigenvalue weighted by Crippen LogP contribution is 2.15. The zero-order valence-electron chi connectivity index (χ0n) is 15.8. The SMILES string of the molecule is CCC(=O)N(Cc1ccccc1)C(Cc1ccccc1)C(=O)NC(C)C. The molecule has 1 N–H and O–H groups in total. The molecule has 2 rings (SSSR count). The average molecular weight is 352 g/mol. The second kappa shape index (κ2) is 9.76. The fraction of sp³-hybridized carbons (Fsp3) is 0.364. The van der Waals surface area contributed by atoms with E-state index in [1.54, 1.807) is 4.90 Å². The van der Waals surface area contributed by atoms with Gasteiger partial charge in [-0.25, -0.2) is 0 Å². The van der Waals surface area contributed by atoms with Crippen molar-refractivity contribution in [3.05, 3.63) is 71.8 Å². The molecule has 0 spiro atoms. The maximum Gasteiger partial charge on any atom is 0.243 e. The molecule has 2 amide bonds. The number of hydrogen-bond donors (Lipinski definition) is 1. The predicted molar refractivity (Wildman–Crippen MR) is 104 cm³/mol. The van der Waals surface area contributed by atoms with Crippen molar-refractivity contribution in [1.82, 2.24) is 10.2 Å². The first kappa shape index (κ1) is 19.7. The topological polar surface area (TPSA) is 49.4 Å². The zero-order valence-corrected chi connectivity index (χ0v) is 15.8. The van der Waals surface area contributed by atoms with Gasteiger partial charge in [-0.15, -0.1) is 0 Å². The van der Waals surface area contributed by atoms with Crippen LogP contribution in [0.15, 0.2) is 60.7 Å². The molecule has 0 aliphatic heterocycles. The van der Waals surface area contributed by atoms with Gasteiger partial charge in [0.15, 0.2) is 0 Å². The molecular weight excluding hydrogens is 324 g/mol. The van der Waals surface area contributed by atoms with Crippen molar-refractivity contribution in [3.63, 3.8) is 0 Å². The number of carbonyl (C=O) groups is 2. The molecule has 0 radical (unpaired) electrons. The maximum absolute atomic E-state index is 12.9. The van der Waals surface area contributed by atoms with Crippen LogP contribution in [0.3, 0.4) is 0 Å². The van der Waals surface area contributed by atoms with Crippen LogP contribution in [0.4, 0.5) is 0 Å². The van der Waals surface area contributed by atoms with Gasteiger partial charge in [0.2, 0.25) is 11.8 Å². The van der Waals surface area contributed by atoms with Crippen LogP contribution < -0.4 is 5.32 Å². The number of rotatable bonds is 8. The molecule has 0 heterocycles. The van der Waals surface area contributed by atoms with E-state index in [2.05, 4.69) is 5.32 Å². The van der Waals surface area contributed by atoms with Crippen molar-refractivity contribution < 1.29 is 9.59 Å². The van der Waals surface area contributed by atoms with Crippen LogP contribution in [0.25, 0.3) is 0 Å². The third kappa shape index (κ3) is 5.73. The number of amides is 2. The number of nitrogens with zero attached hydrogens (tertiary/aromatic N) is 1. The summed E-state index contributed by atoms with van der Waals surface area (Å²) in [6.07, 6.45) is 0.866. The van der Waals surface area contributed by atoms with Crippen LogP contribution in [0.2, 0.25) is 0 Å². The van der Waals surface area contributed by atoms with Crippen molar-refractivity contribution in [2.24, 2.45) is 0 Å². The van der Waals surface area contributed by atoms with E-state index in [1.165, 1.54) is 0 Å². The summed E-state index contributed by atoms with van der Waals surface area (Å²) in [5, 5.41) is 2.98.